The molecular weight excluding hydrogens is 404 g/mol. The zero-order valence-electron chi connectivity index (χ0n) is 18.4. The van der Waals surface area contributed by atoms with Gasteiger partial charge in [0.15, 0.2) is 0 Å². The topological polar surface area (TPSA) is 34.5 Å². The molecule has 1 aliphatic carbocycles. The molecule has 5 rings (SSSR count). The van der Waals surface area contributed by atoms with E-state index in [4.69, 9.17) is 4.74 Å². The van der Waals surface area contributed by atoms with Crippen molar-refractivity contribution in [1.82, 2.24) is 4.57 Å². The number of thiophene rings is 1. The fraction of sp³-hybridized carbons (Fsp3) is 0.423. The molecule has 0 N–H and O–H groups in total. The van der Waals surface area contributed by atoms with Crippen molar-refractivity contribution in [3.8, 4) is 5.00 Å². The molecule has 31 heavy (non-hydrogen) atoms. The number of hydrogen-bond donors (Lipinski definition) is 0. The molecule has 1 atom stereocenters. The molecule has 0 bridgehead atoms. The van der Waals surface area contributed by atoms with E-state index in [0.717, 1.165) is 18.5 Å². The van der Waals surface area contributed by atoms with Crippen LogP contribution in [-0.4, -0.2) is 30.7 Å². The fourth-order valence-corrected chi connectivity index (χ4v) is 6.60. The highest BCUT2D eigenvalue weighted by molar-refractivity contribution is 7.15. The minimum Gasteiger partial charge on any atom is -0.465 e. The number of hydrogen-bond acceptors (Lipinski definition) is 4. The lowest BCUT2D eigenvalue weighted by Gasteiger charge is -2.21. The Labute approximate surface area is 188 Å². The van der Waals surface area contributed by atoms with Crippen molar-refractivity contribution in [2.24, 2.45) is 0 Å². The summed E-state index contributed by atoms with van der Waals surface area (Å²) in [4.78, 5) is 15.4. The van der Waals surface area contributed by atoms with E-state index in [9.17, 15) is 4.79 Å². The van der Waals surface area contributed by atoms with Crippen molar-refractivity contribution in [2.45, 2.75) is 51.4 Å². The number of rotatable bonds is 5. The Bertz CT molecular complexity index is 1080. The molecule has 0 spiro atoms. The first-order valence-electron chi connectivity index (χ1n) is 11.4. The summed E-state index contributed by atoms with van der Waals surface area (Å²) < 4.78 is 7.53. The lowest BCUT2D eigenvalue weighted by molar-refractivity contribution is -0.141. The molecule has 4 nitrogen and oxygen atoms in total. The number of aromatic nitrogens is 1. The summed E-state index contributed by atoms with van der Waals surface area (Å²) in [5, 5.41) is 1.46. The molecular formula is C26H30N2O2S. The summed E-state index contributed by atoms with van der Waals surface area (Å²) in [5.74, 6) is 0.198. The van der Waals surface area contributed by atoms with Crippen molar-refractivity contribution in [2.75, 3.05) is 25.1 Å². The number of ether oxygens (including phenoxy) is 1. The second-order valence-electron chi connectivity index (χ2n) is 8.64. The summed E-state index contributed by atoms with van der Waals surface area (Å²) in [7, 11) is 1.93. The first kappa shape index (κ1) is 20.4. The molecule has 0 fully saturated rings. The Balaban J connectivity index is 1.41. The van der Waals surface area contributed by atoms with E-state index in [-0.39, 0.29) is 12.5 Å². The van der Waals surface area contributed by atoms with Gasteiger partial charge in [-0.1, -0.05) is 12.1 Å². The summed E-state index contributed by atoms with van der Waals surface area (Å²) >= 11 is 2.02. The van der Waals surface area contributed by atoms with Gasteiger partial charge in [-0.3, -0.25) is 4.79 Å². The van der Waals surface area contributed by atoms with Crippen LogP contribution in [0.5, 0.6) is 0 Å². The Morgan fingerprint density at radius 2 is 1.94 bits per heavy atom. The maximum Gasteiger partial charge on any atom is 0.325 e. The molecule has 162 valence electrons. The lowest BCUT2D eigenvalue weighted by Crippen LogP contribution is -2.27. The zero-order valence-corrected chi connectivity index (χ0v) is 19.2. The molecule has 3 aromatic rings. The van der Waals surface area contributed by atoms with E-state index in [0.29, 0.717) is 12.5 Å². The van der Waals surface area contributed by atoms with Crippen molar-refractivity contribution >= 4 is 23.0 Å². The van der Waals surface area contributed by atoms with Crippen LogP contribution >= 0.6 is 11.3 Å². The molecule has 0 amide bonds. The van der Waals surface area contributed by atoms with Crippen LogP contribution in [0.1, 0.15) is 59.4 Å². The van der Waals surface area contributed by atoms with Gasteiger partial charge >= 0.3 is 5.97 Å². The van der Waals surface area contributed by atoms with E-state index in [1.165, 1.54) is 41.9 Å². The highest BCUT2D eigenvalue weighted by atomic mass is 32.1. The van der Waals surface area contributed by atoms with Crippen molar-refractivity contribution in [3.05, 3.63) is 69.9 Å². The van der Waals surface area contributed by atoms with Crippen molar-refractivity contribution in [3.63, 3.8) is 0 Å². The van der Waals surface area contributed by atoms with Crippen LogP contribution in [0.25, 0.3) is 5.00 Å². The quantitative estimate of drug-likeness (QED) is 0.498. The Morgan fingerprint density at radius 1 is 1.13 bits per heavy atom. The Hall–Kier alpha value is -2.53. The van der Waals surface area contributed by atoms with Gasteiger partial charge in [0.2, 0.25) is 0 Å². The lowest BCUT2D eigenvalue weighted by atomic mass is 9.88. The van der Waals surface area contributed by atoms with Gasteiger partial charge in [-0.25, -0.2) is 0 Å². The van der Waals surface area contributed by atoms with Crippen LogP contribution in [0, 0.1) is 0 Å². The maximum absolute atomic E-state index is 11.8. The SMILES string of the molecule is CCOC(=O)CN(C)c1ccc(C2CCc3c(sc4c3CCCC4)-n3cccc32)cc1. The third-order valence-corrected chi connectivity index (χ3v) is 8.04. The first-order valence-corrected chi connectivity index (χ1v) is 12.2. The summed E-state index contributed by atoms with van der Waals surface area (Å²) in [6.45, 7) is 2.52. The minimum atomic E-state index is -0.190. The van der Waals surface area contributed by atoms with Crippen LogP contribution in [0.4, 0.5) is 5.69 Å². The zero-order chi connectivity index (χ0) is 21.4. The Morgan fingerprint density at radius 3 is 2.74 bits per heavy atom. The number of carbonyl (C=O) groups excluding carboxylic acids is 1. The number of fused-ring (bicyclic) bond motifs is 5. The summed E-state index contributed by atoms with van der Waals surface area (Å²) in [6.07, 6.45) is 9.72. The largest absolute Gasteiger partial charge is 0.465 e. The van der Waals surface area contributed by atoms with Crippen LogP contribution in [0.2, 0.25) is 0 Å². The molecule has 0 saturated carbocycles. The minimum absolute atomic E-state index is 0.190. The van der Waals surface area contributed by atoms with Gasteiger partial charge in [0, 0.05) is 35.4 Å². The van der Waals surface area contributed by atoms with Gasteiger partial charge < -0.3 is 14.2 Å². The average Bonchev–Trinajstić information content (AvgIpc) is 3.36. The number of anilines is 1. The average molecular weight is 435 g/mol. The van der Waals surface area contributed by atoms with Gasteiger partial charge in [0.25, 0.3) is 0 Å². The third kappa shape index (κ3) is 3.80. The number of benzene rings is 1. The molecule has 5 heteroatoms. The molecule has 1 aliphatic heterocycles. The molecule has 0 saturated heterocycles. The van der Waals surface area contributed by atoms with Crippen LogP contribution in [0.3, 0.4) is 0 Å². The van der Waals surface area contributed by atoms with E-state index in [2.05, 4.69) is 47.2 Å². The summed E-state index contributed by atoms with van der Waals surface area (Å²) in [6, 6.07) is 13.2. The van der Waals surface area contributed by atoms with Gasteiger partial charge in [-0.15, -0.1) is 11.3 Å². The number of aryl methyl sites for hydroxylation is 1. The Kier molecular flexibility index (Phi) is 5.61. The van der Waals surface area contributed by atoms with E-state index >= 15 is 0 Å². The van der Waals surface area contributed by atoms with Gasteiger partial charge in [0.1, 0.15) is 11.5 Å². The first-order chi connectivity index (χ1) is 15.2. The maximum atomic E-state index is 11.8. The van der Waals surface area contributed by atoms with Crippen LogP contribution in [0.15, 0.2) is 42.6 Å². The molecule has 0 radical (unpaired) electrons. The third-order valence-electron chi connectivity index (χ3n) is 6.71. The predicted molar refractivity (Wildman–Crippen MR) is 127 cm³/mol. The monoisotopic (exact) mass is 434 g/mol. The predicted octanol–water partition coefficient (Wildman–Crippen LogP) is 5.50. The molecule has 3 heterocycles. The van der Waals surface area contributed by atoms with Gasteiger partial charge in [-0.05, 0) is 86.4 Å². The fourth-order valence-electron chi connectivity index (χ4n) is 5.16. The normalized spacial score (nSPS) is 17.3. The number of likely N-dealkylation sites (N-methyl/N-ethyl adjacent to an activating group) is 1. The van der Waals surface area contributed by atoms with Crippen molar-refractivity contribution in [1.29, 1.82) is 0 Å². The van der Waals surface area contributed by atoms with Gasteiger partial charge in [0.05, 0.1) is 6.61 Å². The molecule has 2 aromatic heterocycles. The molecule has 2 aliphatic rings. The van der Waals surface area contributed by atoms with Crippen LogP contribution in [-0.2, 0) is 28.8 Å². The van der Waals surface area contributed by atoms with E-state index in [1.807, 2.05) is 30.2 Å². The van der Waals surface area contributed by atoms with Gasteiger partial charge in [-0.2, -0.15) is 0 Å². The highest BCUT2D eigenvalue weighted by Gasteiger charge is 2.28. The molecule has 1 aromatic carbocycles. The van der Waals surface area contributed by atoms with Crippen molar-refractivity contribution < 1.29 is 9.53 Å². The number of nitrogens with zero attached hydrogens (tertiary/aromatic N) is 2. The second kappa shape index (κ2) is 8.54. The number of esters is 1. The second-order valence-corrected chi connectivity index (χ2v) is 9.73. The number of carbonyl (C=O) groups is 1. The molecule has 1 unspecified atom stereocenters. The van der Waals surface area contributed by atoms with E-state index < -0.39 is 0 Å². The summed E-state index contributed by atoms with van der Waals surface area (Å²) in [5.41, 5.74) is 7.03. The van der Waals surface area contributed by atoms with Crippen LogP contribution < -0.4 is 4.90 Å². The standard InChI is InChI=1S/C26H30N2O2S/c1-3-30-25(29)17-27(2)19-12-10-18(11-13-19)20-14-15-22-21-7-4-5-9-24(21)31-26(22)28-16-6-8-23(20)28/h6,8,10-13,16,20H,3-5,7,9,14-15,17H2,1-2H3. The smallest absolute Gasteiger partial charge is 0.325 e. The van der Waals surface area contributed by atoms with E-state index in [1.54, 1.807) is 16.0 Å². The highest BCUT2D eigenvalue weighted by Crippen LogP contribution is 2.43.